The van der Waals surface area contributed by atoms with Crippen molar-refractivity contribution in [2.75, 3.05) is 36.0 Å². The van der Waals surface area contributed by atoms with Gasteiger partial charge >= 0.3 is 0 Å². The van der Waals surface area contributed by atoms with Gasteiger partial charge in [0, 0.05) is 61.8 Å². The number of aromatic hydroxyl groups is 4. The Balaban J connectivity index is 1.99. The minimum absolute atomic E-state index is 0.0975. The van der Waals surface area contributed by atoms with E-state index in [0.717, 1.165) is 0 Å². The molecule has 0 spiro atoms. The van der Waals surface area contributed by atoms with Crippen LogP contribution < -0.4 is 9.80 Å². The Hall–Kier alpha value is -3.55. The van der Waals surface area contributed by atoms with Crippen LogP contribution in [0.25, 0.3) is 5.57 Å². The standard InChI is InChI=1S/C32H46N2O6/c1-17(2)13-33(14-18(3)4)21-9-23(35)27(24(36)10-21)29-31(39)30(32(29)40)28-25(37)11-22(12-26(28)38)34(15-19(5)6)16-20(7)8/h9-12,17-20,29,35-39H,13-16H2,1-8H3. The summed E-state index contributed by atoms with van der Waals surface area (Å²) in [5.74, 6) is -2.23. The highest BCUT2D eigenvalue weighted by atomic mass is 16.3. The number of rotatable bonds is 12. The summed E-state index contributed by atoms with van der Waals surface area (Å²) in [5, 5.41) is 54.5. The zero-order chi connectivity index (χ0) is 30.0. The normalized spacial score (nSPS) is 15.5. The van der Waals surface area contributed by atoms with Crippen molar-refractivity contribution in [2.45, 2.75) is 61.3 Å². The van der Waals surface area contributed by atoms with Gasteiger partial charge in [-0.05, 0) is 23.7 Å². The highest BCUT2D eigenvalue weighted by molar-refractivity contribution is 6.33. The highest BCUT2D eigenvalue weighted by Gasteiger charge is 2.46. The summed E-state index contributed by atoms with van der Waals surface area (Å²) in [5.41, 5.74) is 0.749. The van der Waals surface area contributed by atoms with Crippen molar-refractivity contribution in [1.29, 1.82) is 0 Å². The van der Waals surface area contributed by atoms with E-state index < -0.39 is 17.5 Å². The quantitative estimate of drug-likeness (QED) is 0.205. The number of nitrogens with zero attached hydrogens (tertiary/aromatic N) is 2. The lowest BCUT2D eigenvalue weighted by molar-refractivity contribution is -0.116. The minimum Gasteiger partial charge on any atom is -0.510 e. The largest absolute Gasteiger partial charge is 0.510 e. The van der Waals surface area contributed by atoms with E-state index in [1.807, 2.05) is 0 Å². The number of ketones is 1. The number of aliphatic hydroxyl groups is 1. The third-order valence-corrected chi connectivity index (χ3v) is 6.85. The van der Waals surface area contributed by atoms with Gasteiger partial charge < -0.3 is 35.3 Å². The molecule has 8 heteroatoms. The Morgan fingerprint density at radius 1 is 0.600 bits per heavy atom. The maximum Gasteiger partial charge on any atom is 0.182 e. The summed E-state index contributed by atoms with van der Waals surface area (Å²) < 4.78 is 0. The smallest absolute Gasteiger partial charge is 0.182 e. The van der Waals surface area contributed by atoms with E-state index in [2.05, 4.69) is 65.2 Å². The molecule has 1 unspecified atom stereocenters. The van der Waals surface area contributed by atoms with E-state index in [1.54, 1.807) is 0 Å². The summed E-state index contributed by atoms with van der Waals surface area (Å²) >= 11 is 0. The first kappa shape index (κ1) is 31.0. The number of allylic oxidation sites excluding steroid dienone is 2. The molecule has 220 valence electrons. The summed E-state index contributed by atoms with van der Waals surface area (Å²) in [4.78, 5) is 17.5. The predicted octanol–water partition coefficient (Wildman–Crippen LogP) is 6.38. The van der Waals surface area contributed by atoms with Crippen LogP contribution in [-0.2, 0) is 4.79 Å². The van der Waals surface area contributed by atoms with E-state index in [0.29, 0.717) is 61.2 Å². The van der Waals surface area contributed by atoms with E-state index in [9.17, 15) is 30.3 Å². The topological polar surface area (TPSA) is 125 Å². The number of phenols is 4. The van der Waals surface area contributed by atoms with Crippen LogP contribution in [-0.4, -0.2) is 57.5 Å². The second kappa shape index (κ2) is 12.3. The number of carbonyl (C=O) groups excluding carboxylic acids is 1. The fraction of sp³-hybridized carbons (Fsp3) is 0.531. The Kier molecular flexibility index (Phi) is 9.54. The van der Waals surface area contributed by atoms with Crippen LogP contribution in [0.3, 0.4) is 0 Å². The first-order valence-corrected chi connectivity index (χ1v) is 14.2. The van der Waals surface area contributed by atoms with E-state index in [4.69, 9.17) is 0 Å². The van der Waals surface area contributed by atoms with Crippen molar-refractivity contribution >= 4 is 22.7 Å². The molecule has 0 aliphatic heterocycles. The third kappa shape index (κ3) is 6.60. The van der Waals surface area contributed by atoms with Gasteiger partial charge in [0.2, 0.25) is 0 Å². The fourth-order valence-electron chi connectivity index (χ4n) is 5.44. The monoisotopic (exact) mass is 554 g/mol. The molecule has 0 bridgehead atoms. The average molecular weight is 555 g/mol. The summed E-state index contributed by atoms with van der Waals surface area (Å²) in [7, 11) is 0. The Morgan fingerprint density at radius 3 is 1.23 bits per heavy atom. The van der Waals surface area contributed by atoms with Gasteiger partial charge in [-0.15, -0.1) is 0 Å². The highest BCUT2D eigenvalue weighted by Crippen LogP contribution is 2.53. The van der Waals surface area contributed by atoms with Crippen molar-refractivity contribution in [3.8, 4) is 23.0 Å². The molecule has 8 nitrogen and oxygen atoms in total. The fourth-order valence-corrected chi connectivity index (χ4v) is 5.44. The molecule has 0 heterocycles. The third-order valence-electron chi connectivity index (χ3n) is 6.85. The second-order valence-electron chi connectivity index (χ2n) is 12.7. The molecule has 0 saturated carbocycles. The van der Waals surface area contributed by atoms with Crippen molar-refractivity contribution < 1.29 is 30.3 Å². The lowest BCUT2D eigenvalue weighted by atomic mass is 9.74. The average Bonchev–Trinajstić information content (AvgIpc) is 2.81. The van der Waals surface area contributed by atoms with Crippen LogP contribution >= 0.6 is 0 Å². The molecular weight excluding hydrogens is 508 g/mol. The molecule has 2 aromatic carbocycles. The Labute approximate surface area is 238 Å². The lowest BCUT2D eigenvalue weighted by Crippen LogP contribution is -2.32. The summed E-state index contributed by atoms with van der Waals surface area (Å²) in [6.07, 6.45) is 0. The Bertz CT molecular complexity index is 1200. The van der Waals surface area contributed by atoms with Gasteiger partial charge in [-0.1, -0.05) is 55.4 Å². The minimum atomic E-state index is -1.30. The second-order valence-corrected chi connectivity index (χ2v) is 12.7. The molecular formula is C32H46N2O6. The molecule has 3 rings (SSSR count). The number of phenolic OH excluding ortho intramolecular Hbond substituents is 4. The van der Waals surface area contributed by atoms with Crippen molar-refractivity contribution in [1.82, 2.24) is 0 Å². The van der Waals surface area contributed by atoms with Gasteiger partial charge in [0.05, 0.1) is 16.7 Å². The molecule has 0 aromatic heterocycles. The molecule has 0 fully saturated rings. The van der Waals surface area contributed by atoms with E-state index in [-0.39, 0.29) is 39.7 Å². The number of carbonyl (C=O) groups is 1. The van der Waals surface area contributed by atoms with Crippen LogP contribution in [0.4, 0.5) is 11.4 Å². The van der Waals surface area contributed by atoms with Crippen LogP contribution in [0.1, 0.15) is 72.4 Å². The first-order chi connectivity index (χ1) is 18.6. The van der Waals surface area contributed by atoms with Gasteiger partial charge in [-0.25, -0.2) is 0 Å². The van der Waals surface area contributed by atoms with Crippen LogP contribution in [0.5, 0.6) is 23.0 Å². The molecule has 40 heavy (non-hydrogen) atoms. The maximum atomic E-state index is 13.3. The number of hydrogen-bond acceptors (Lipinski definition) is 8. The van der Waals surface area contributed by atoms with E-state index >= 15 is 0 Å². The van der Waals surface area contributed by atoms with Gasteiger partial charge in [-0.2, -0.15) is 0 Å². The molecule has 1 aliphatic carbocycles. The van der Waals surface area contributed by atoms with Crippen molar-refractivity contribution in [3.05, 3.63) is 41.2 Å². The molecule has 5 N–H and O–H groups in total. The number of hydrogen-bond donors (Lipinski definition) is 5. The molecule has 0 saturated heterocycles. The zero-order valence-electron chi connectivity index (χ0n) is 25.1. The molecule has 0 amide bonds. The molecule has 2 aromatic rings. The number of benzene rings is 2. The Morgan fingerprint density at radius 2 is 0.925 bits per heavy atom. The van der Waals surface area contributed by atoms with Gasteiger partial charge in [0.1, 0.15) is 34.7 Å². The van der Waals surface area contributed by atoms with Gasteiger partial charge in [0.25, 0.3) is 0 Å². The van der Waals surface area contributed by atoms with Crippen LogP contribution in [0.2, 0.25) is 0 Å². The SMILES string of the molecule is CC(C)CN(CC(C)C)c1cc(O)c(C2=C(O)C(c3c(O)cc(N(CC(C)C)CC(C)C)cc3O)C2=O)c(O)c1. The zero-order valence-corrected chi connectivity index (χ0v) is 25.1. The van der Waals surface area contributed by atoms with Crippen molar-refractivity contribution in [3.63, 3.8) is 0 Å². The van der Waals surface area contributed by atoms with Gasteiger partial charge in [-0.3, -0.25) is 4.79 Å². The molecule has 1 aliphatic rings. The lowest BCUT2D eigenvalue weighted by Gasteiger charge is -2.33. The summed E-state index contributed by atoms with van der Waals surface area (Å²) in [6, 6.07) is 5.98. The maximum absolute atomic E-state index is 13.3. The van der Waals surface area contributed by atoms with Crippen LogP contribution in [0, 0.1) is 23.7 Å². The number of anilines is 2. The predicted molar refractivity (Wildman–Crippen MR) is 161 cm³/mol. The van der Waals surface area contributed by atoms with Gasteiger partial charge in [0.15, 0.2) is 5.78 Å². The first-order valence-electron chi connectivity index (χ1n) is 14.2. The summed E-state index contributed by atoms with van der Waals surface area (Å²) in [6.45, 7) is 19.5. The van der Waals surface area contributed by atoms with Crippen molar-refractivity contribution in [2.24, 2.45) is 23.7 Å². The molecule has 1 atom stereocenters. The number of Topliss-reactive ketones (excluding diaryl/α,β-unsaturated/α-hetero) is 1. The van der Waals surface area contributed by atoms with E-state index in [1.165, 1.54) is 24.3 Å². The van der Waals surface area contributed by atoms with Crippen LogP contribution in [0.15, 0.2) is 30.0 Å². The number of aliphatic hydroxyl groups excluding tert-OH is 1. The molecule has 0 radical (unpaired) electrons.